The first kappa shape index (κ1) is 18.3. The number of nitrogens with zero attached hydrogens (tertiary/aromatic N) is 2. The van der Waals surface area contributed by atoms with Crippen LogP contribution in [0.3, 0.4) is 0 Å². The molecule has 2 aromatic carbocycles. The van der Waals surface area contributed by atoms with Gasteiger partial charge < -0.3 is 5.32 Å². The molecule has 4 rings (SSSR count). The van der Waals surface area contributed by atoms with Gasteiger partial charge in [-0.25, -0.2) is 13.4 Å². The molecule has 1 amide bonds. The summed E-state index contributed by atoms with van der Waals surface area (Å²) >= 11 is 1.58. The number of fused-ring (bicyclic) bond motifs is 1. The highest BCUT2D eigenvalue weighted by atomic mass is 32.2. The van der Waals surface area contributed by atoms with Crippen LogP contribution in [0.1, 0.15) is 10.6 Å². The first-order valence-corrected chi connectivity index (χ1v) is 10.8. The van der Waals surface area contributed by atoms with Gasteiger partial charge in [0, 0.05) is 22.2 Å². The Labute approximate surface area is 166 Å². The van der Waals surface area contributed by atoms with Crippen LogP contribution in [0, 0.1) is 6.92 Å². The number of amides is 1. The fraction of sp³-hybridized carbons (Fsp3) is 0.105. The van der Waals surface area contributed by atoms with Crippen molar-refractivity contribution in [3.8, 4) is 11.3 Å². The van der Waals surface area contributed by atoms with Crippen molar-refractivity contribution in [1.29, 1.82) is 0 Å². The Balaban J connectivity index is 1.43. The van der Waals surface area contributed by atoms with E-state index in [9.17, 15) is 13.2 Å². The number of aryl methyl sites for hydroxylation is 1. The van der Waals surface area contributed by atoms with Crippen LogP contribution in [0.2, 0.25) is 0 Å². The molecule has 0 saturated carbocycles. The largest absolute Gasteiger partial charge is 0.324 e. The summed E-state index contributed by atoms with van der Waals surface area (Å²) in [6.07, 6.45) is 0. The number of anilines is 1. The molecule has 0 spiro atoms. The van der Waals surface area contributed by atoms with Gasteiger partial charge >= 0.3 is 0 Å². The van der Waals surface area contributed by atoms with Crippen LogP contribution >= 0.6 is 11.3 Å². The van der Waals surface area contributed by atoms with E-state index in [1.807, 2.05) is 24.4 Å². The maximum Gasteiger partial charge on any atom is 0.263 e. The molecule has 0 saturated heterocycles. The van der Waals surface area contributed by atoms with Gasteiger partial charge in [0.25, 0.3) is 10.0 Å². The van der Waals surface area contributed by atoms with Gasteiger partial charge in [-0.3, -0.25) is 14.5 Å². The van der Waals surface area contributed by atoms with E-state index in [-0.39, 0.29) is 23.2 Å². The molecule has 0 unspecified atom stereocenters. The maximum atomic E-state index is 12.2. The predicted octanol–water partition coefficient (Wildman–Crippen LogP) is 2.80. The maximum absolute atomic E-state index is 12.2. The molecule has 2 N–H and O–H groups in total. The van der Waals surface area contributed by atoms with Gasteiger partial charge in [0.05, 0.1) is 15.6 Å². The number of hydrogen-bond acceptors (Lipinski definition) is 6. The lowest BCUT2D eigenvalue weighted by Gasteiger charge is -2.05. The quantitative estimate of drug-likeness (QED) is 0.688. The fourth-order valence-electron chi connectivity index (χ4n) is 2.82. The number of carbonyl (C=O) groups is 1. The molecule has 0 atom stereocenters. The normalized spacial score (nSPS) is 15.8. The van der Waals surface area contributed by atoms with Gasteiger partial charge in [-0.15, -0.1) is 11.3 Å². The van der Waals surface area contributed by atoms with Crippen LogP contribution in [0.4, 0.5) is 5.69 Å². The number of rotatable bonds is 4. The van der Waals surface area contributed by atoms with Crippen molar-refractivity contribution in [3.05, 3.63) is 64.5 Å². The van der Waals surface area contributed by atoms with Crippen molar-refractivity contribution in [2.45, 2.75) is 11.8 Å². The number of sulfonamides is 1. The van der Waals surface area contributed by atoms with Crippen LogP contribution in [0.25, 0.3) is 11.3 Å². The average molecular weight is 412 g/mol. The Morgan fingerprint density at radius 3 is 2.64 bits per heavy atom. The molecule has 7 nitrogen and oxygen atoms in total. The summed E-state index contributed by atoms with van der Waals surface area (Å²) in [4.78, 5) is 20.9. The van der Waals surface area contributed by atoms with E-state index in [0.29, 0.717) is 11.3 Å². The van der Waals surface area contributed by atoms with Gasteiger partial charge in [0.15, 0.2) is 0 Å². The van der Waals surface area contributed by atoms with Crippen molar-refractivity contribution in [2.75, 3.05) is 11.9 Å². The Morgan fingerprint density at radius 2 is 1.93 bits per heavy atom. The third-order valence-electron chi connectivity index (χ3n) is 4.13. The van der Waals surface area contributed by atoms with Gasteiger partial charge in [-0.05, 0) is 31.2 Å². The zero-order valence-electron chi connectivity index (χ0n) is 14.8. The van der Waals surface area contributed by atoms with Crippen LogP contribution in [0.15, 0.2) is 63.8 Å². The highest BCUT2D eigenvalue weighted by molar-refractivity contribution is 7.90. The summed E-state index contributed by atoms with van der Waals surface area (Å²) in [5, 5.41) is 5.73. The number of benzene rings is 2. The van der Waals surface area contributed by atoms with Gasteiger partial charge in [0.2, 0.25) is 5.91 Å². The third-order valence-corrected chi connectivity index (χ3v) is 6.30. The second-order valence-electron chi connectivity index (χ2n) is 6.14. The standard InChI is InChI=1S/C19H16N4O3S2/c1-12-21-16(11-27-12)13-6-8-14(9-7-13)22-18(24)10-20-19-15-4-2-3-5-17(15)28(25,26)23-19/h2-9,11H,10H2,1H3,(H,20,23)(H,22,24). The summed E-state index contributed by atoms with van der Waals surface area (Å²) in [5.74, 6) is -0.159. The number of aromatic nitrogens is 1. The predicted molar refractivity (Wildman–Crippen MR) is 109 cm³/mol. The average Bonchev–Trinajstić information content (AvgIpc) is 3.22. The van der Waals surface area contributed by atoms with E-state index in [1.54, 1.807) is 41.7 Å². The van der Waals surface area contributed by atoms with Crippen molar-refractivity contribution in [3.63, 3.8) is 0 Å². The molecular formula is C19H16N4O3S2. The molecule has 28 heavy (non-hydrogen) atoms. The zero-order chi connectivity index (χ0) is 19.7. The molecule has 1 aliphatic heterocycles. The Bertz CT molecular complexity index is 1180. The highest BCUT2D eigenvalue weighted by Crippen LogP contribution is 2.24. The van der Waals surface area contributed by atoms with Crippen LogP contribution in [0.5, 0.6) is 0 Å². The smallest absolute Gasteiger partial charge is 0.263 e. The molecule has 1 aliphatic rings. The molecule has 1 aromatic heterocycles. The molecular weight excluding hydrogens is 396 g/mol. The van der Waals surface area contributed by atoms with Gasteiger partial charge in [-0.1, -0.05) is 24.3 Å². The number of carbonyl (C=O) groups excluding carboxylic acids is 1. The van der Waals surface area contributed by atoms with Gasteiger partial charge in [0.1, 0.15) is 12.4 Å². The summed E-state index contributed by atoms with van der Waals surface area (Å²) in [6.45, 7) is 1.76. The molecule has 3 aromatic rings. The summed E-state index contributed by atoms with van der Waals surface area (Å²) in [5.41, 5.74) is 2.98. The summed E-state index contributed by atoms with van der Waals surface area (Å²) in [6, 6.07) is 13.9. The minimum absolute atomic E-state index is 0.169. The Kier molecular flexibility index (Phi) is 4.70. The first-order chi connectivity index (χ1) is 13.4. The Morgan fingerprint density at radius 1 is 1.18 bits per heavy atom. The number of nitrogens with one attached hydrogen (secondary N) is 2. The second kappa shape index (κ2) is 7.17. The lowest BCUT2D eigenvalue weighted by molar-refractivity contribution is -0.114. The molecule has 0 bridgehead atoms. The zero-order valence-corrected chi connectivity index (χ0v) is 16.5. The number of aliphatic imine (C=N–C) groups is 1. The highest BCUT2D eigenvalue weighted by Gasteiger charge is 2.30. The summed E-state index contributed by atoms with van der Waals surface area (Å²) in [7, 11) is -3.61. The van der Waals surface area contributed by atoms with E-state index in [4.69, 9.17) is 0 Å². The number of thiazole rings is 1. The molecule has 9 heteroatoms. The molecule has 0 radical (unpaired) electrons. The lowest BCUT2D eigenvalue weighted by atomic mass is 10.1. The van der Waals surface area contributed by atoms with Crippen LogP contribution < -0.4 is 10.0 Å². The number of hydrogen-bond donors (Lipinski definition) is 2. The van der Waals surface area contributed by atoms with E-state index >= 15 is 0 Å². The van der Waals surface area contributed by atoms with E-state index in [1.165, 1.54) is 6.07 Å². The fourth-order valence-corrected chi connectivity index (χ4v) is 4.70. The minimum atomic E-state index is -3.61. The van der Waals surface area contributed by atoms with Crippen molar-refractivity contribution < 1.29 is 13.2 Å². The Hall–Kier alpha value is -3.04. The van der Waals surface area contributed by atoms with Crippen LogP contribution in [-0.4, -0.2) is 31.7 Å². The molecule has 2 heterocycles. The lowest BCUT2D eigenvalue weighted by Crippen LogP contribution is -2.24. The van der Waals surface area contributed by atoms with Crippen LogP contribution in [-0.2, 0) is 14.8 Å². The summed E-state index contributed by atoms with van der Waals surface area (Å²) < 4.78 is 26.5. The third kappa shape index (κ3) is 3.67. The SMILES string of the molecule is Cc1nc(-c2ccc(NC(=O)CN=C3NS(=O)(=O)c4ccccc43)cc2)cs1. The monoisotopic (exact) mass is 412 g/mol. The van der Waals surface area contributed by atoms with E-state index in [2.05, 4.69) is 20.0 Å². The van der Waals surface area contributed by atoms with E-state index in [0.717, 1.165) is 16.3 Å². The topological polar surface area (TPSA) is 101 Å². The van der Waals surface area contributed by atoms with Crippen molar-refractivity contribution in [2.24, 2.45) is 4.99 Å². The van der Waals surface area contributed by atoms with Gasteiger partial charge in [-0.2, -0.15) is 0 Å². The van der Waals surface area contributed by atoms with Crippen molar-refractivity contribution in [1.82, 2.24) is 9.71 Å². The number of amidine groups is 1. The first-order valence-electron chi connectivity index (χ1n) is 8.41. The minimum Gasteiger partial charge on any atom is -0.324 e. The van der Waals surface area contributed by atoms with E-state index < -0.39 is 10.0 Å². The molecule has 0 fully saturated rings. The molecule has 142 valence electrons. The second-order valence-corrected chi connectivity index (χ2v) is 8.86. The molecule has 0 aliphatic carbocycles. The van der Waals surface area contributed by atoms with Crippen molar-refractivity contribution >= 4 is 38.8 Å².